The molecule has 0 N–H and O–H groups in total. The summed E-state index contributed by atoms with van der Waals surface area (Å²) < 4.78 is 2.54. The van der Waals surface area contributed by atoms with Crippen molar-refractivity contribution in [2.45, 2.75) is 0 Å². The minimum atomic E-state index is 1.07. The highest BCUT2D eigenvalue weighted by Crippen LogP contribution is 2.48. The van der Waals surface area contributed by atoms with Gasteiger partial charge in [0, 0.05) is 43.8 Å². The number of hydrogen-bond acceptors (Lipinski definition) is 3. The summed E-state index contributed by atoms with van der Waals surface area (Å²) >= 11 is 1.86. The third-order valence-corrected chi connectivity index (χ3v) is 14.0. The van der Waals surface area contributed by atoms with Gasteiger partial charge in [0.1, 0.15) is 0 Å². The van der Waals surface area contributed by atoms with Crippen LogP contribution in [0.25, 0.3) is 75.5 Å². The molecule has 0 radical (unpaired) electrons. The molecule has 0 saturated heterocycles. The molecule has 0 fully saturated rings. The molecule has 0 bridgehead atoms. The van der Waals surface area contributed by atoms with Gasteiger partial charge in [0.15, 0.2) is 0 Å². The maximum Gasteiger partial charge on any atom is 0.0640 e. The number of anilines is 6. The third kappa shape index (κ3) is 7.72. The monoisotopic (exact) mass is 872 g/mol. The number of para-hydroxylation sites is 1. The van der Waals surface area contributed by atoms with Gasteiger partial charge in [0.25, 0.3) is 0 Å². The van der Waals surface area contributed by atoms with Gasteiger partial charge in [0.05, 0.1) is 16.1 Å². The number of hydrogen-bond donors (Lipinski definition) is 0. The van der Waals surface area contributed by atoms with Gasteiger partial charge in [-0.3, -0.25) is 0 Å². The van der Waals surface area contributed by atoms with E-state index in [0.717, 1.165) is 45.3 Å². The standard InChI is InChI=1S/C64H44N2S/c1-4-17-45(18-5-1)48-35-38-54(39-36-48)65(57-40-37-51-41-50(33-34-52(51)43-57)47-21-8-3-9-22-47)55-25-15-24-53(44-55)58-27-10-12-30-61(58)66(56-26-14-23-49(42-56)46-19-6-2-7-20-46)62-31-16-29-60-59-28-11-13-32-63(59)67-64(60)62/h1-44H. The van der Waals surface area contributed by atoms with Gasteiger partial charge in [-0.15, -0.1) is 11.3 Å². The molecule has 0 aliphatic carbocycles. The van der Waals surface area contributed by atoms with Gasteiger partial charge in [-0.05, 0) is 123 Å². The van der Waals surface area contributed by atoms with Crippen LogP contribution in [0.1, 0.15) is 0 Å². The van der Waals surface area contributed by atoms with E-state index in [0.29, 0.717) is 0 Å². The molecule has 3 heteroatoms. The summed E-state index contributed by atoms with van der Waals surface area (Å²) in [6, 6.07) is 96.9. The van der Waals surface area contributed by atoms with Crippen LogP contribution in [0.3, 0.4) is 0 Å². The van der Waals surface area contributed by atoms with Crippen LogP contribution in [0, 0.1) is 0 Å². The predicted octanol–water partition coefficient (Wildman–Crippen LogP) is 18.8. The van der Waals surface area contributed by atoms with Gasteiger partial charge in [-0.25, -0.2) is 0 Å². The molecule has 0 aliphatic rings. The largest absolute Gasteiger partial charge is 0.310 e. The van der Waals surface area contributed by atoms with Gasteiger partial charge in [-0.2, -0.15) is 0 Å². The van der Waals surface area contributed by atoms with E-state index in [9.17, 15) is 0 Å². The van der Waals surface area contributed by atoms with Crippen LogP contribution in [0.5, 0.6) is 0 Å². The Balaban J connectivity index is 1.01. The van der Waals surface area contributed by atoms with Crippen LogP contribution in [-0.2, 0) is 0 Å². The number of thiophene rings is 1. The van der Waals surface area contributed by atoms with Crippen LogP contribution in [0.15, 0.2) is 267 Å². The lowest BCUT2D eigenvalue weighted by Gasteiger charge is -2.29. The Bertz CT molecular complexity index is 3690. The lowest BCUT2D eigenvalue weighted by molar-refractivity contribution is 1.28. The van der Waals surface area contributed by atoms with Crippen LogP contribution >= 0.6 is 11.3 Å². The Morgan fingerprint density at radius 2 is 0.716 bits per heavy atom. The van der Waals surface area contributed by atoms with E-state index in [4.69, 9.17) is 0 Å². The minimum absolute atomic E-state index is 1.07. The number of benzene rings is 11. The van der Waals surface area contributed by atoms with E-state index in [1.807, 2.05) is 11.3 Å². The number of nitrogens with zero attached hydrogens (tertiary/aromatic N) is 2. The van der Waals surface area contributed by atoms with Crippen molar-refractivity contribution in [2.24, 2.45) is 0 Å². The average Bonchev–Trinajstić information content (AvgIpc) is 3.80. The fourth-order valence-corrected chi connectivity index (χ4v) is 10.8. The molecule has 0 unspecified atom stereocenters. The maximum absolute atomic E-state index is 2.47. The first-order valence-electron chi connectivity index (χ1n) is 22.8. The molecular formula is C64H44N2S. The van der Waals surface area contributed by atoms with Gasteiger partial charge >= 0.3 is 0 Å². The highest BCUT2D eigenvalue weighted by atomic mass is 32.1. The lowest BCUT2D eigenvalue weighted by Crippen LogP contribution is -2.12. The summed E-state index contributed by atoms with van der Waals surface area (Å²) in [4.78, 5) is 4.86. The molecule has 0 aliphatic heterocycles. The second-order valence-electron chi connectivity index (χ2n) is 16.9. The van der Waals surface area contributed by atoms with Crippen molar-refractivity contribution in [2.75, 3.05) is 9.80 Å². The molecule has 0 atom stereocenters. The van der Waals surface area contributed by atoms with E-state index < -0.39 is 0 Å². The summed E-state index contributed by atoms with van der Waals surface area (Å²) in [7, 11) is 0. The van der Waals surface area contributed by atoms with E-state index in [2.05, 4.69) is 277 Å². The SMILES string of the molecule is c1ccc(-c2ccc(N(c3cccc(-c4ccccc4N(c4cccc(-c5ccccc5)c4)c4cccc5c4sc4ccccc45)c3)c3ccc4cc(-c5ccccc5)ccc4c3)cc2)cc1. The predicted molar refractivity (Wildman–Crippen MR) is 288 cm³/mol. The Labute approximate surface area is 395 Å². The fourth-order valence-electron chi connectivity index (χ4n) is 9.56. The van der Waals surface area contributed by atoms with E-state index >= 15 is 0 Å². The lowest BCUT2D eigenvalue weighted by atomic mass is 9.99. The molecule has 1 heterocycles. The van der Waals surface area contributed by atoms with Crippen LogP contribution in [-0.4, -0.2) is 0 Å². The van der Waals surface area contributed by atoms with Gasteiger partial charge in [-0.1, -0.05) is 194 Å². The molecule has 316 valence electrons. The second kappa shape index (κ2) is 17.5. The quantitative estimate of drug-likeness (QED) is 0.135. The molecule has 1 aromatic heterocycles. The zero-order valence-corrected chi connectivity index (χ0v) is 37.5. The number of fused-ring (bicyclic) bond motifs is 4. The average molecular weight is 873 g/mol. The van der Waals surface area contributed by atoms with Crippen molar-refractivity contribution in [3.63, 3.8) is 0 Å². The Morgan fingerprint density at radius 1 is 0.254 bits per heavy atom. The summed E-state index contributed by atoms with van der Waals surface area (Å²) in [6.45, 7) is 0. The second-order valence-corrected chi connectivity index (χ2v) is 18.0. The van der Waals surface area contributed by atoms with E-state index in [1.165, 1.54) is 64.3 Å². The van der Waals surface area contributed by atoms with Gasteiger partial charge < -0.3 is 9.80 Å². The van der Waals surface area contributed by atoms with Crippen molar-refractivity contribution in [3.05, 3.63) is 267 Å². The Hall–Kier alpha value is -8.50. The van der Waals surface area contributed by atoms with E-state index in [1.54, 1.807) is 0 Å². The smallest absolute Gasteiger partial charge is 0.0640 e. The topological polar surface area (TPSA) is 6.48 Å². The van der Waals surface area contributed by atoms with Crippen molar-refractivity contribution in [1.29, 1.82) is 0 Å². The van der Waals surface area contributed by atoms with Crippen LogP contribution < -0.4 is 9.80 Å². The summed E-state index contributed by atoms with van der Waals surface area (Å²) in [6.07, 6.45) is 0. The van der Waals surface area contributed by atoms with Gasteiger partial charge in [0.2, 0.25) is 0 Å². The minimum Gasteiger partial charge on any atom is -0.310 e. The van der Waals surface area contributed by atoms with Crippen LogP contribution in [0.2, 0.25) is 0 Å². The third-order valence-electron chi connectivity index (χ3n) is 12.8. The molecule has 11 aromatic carbocycles. The first-order chi connectivity index (χ1) is 33.2. The van der Waals surface area contributed by atoms with E-state index in [-0.39, 0.29) is 0 Å². The van der Waals surface area contributed by atoms with Crippen LogP contribution in [0.4, 0.5) is 34.1 Å². The zero-order chi connectivity index (χ0) is 44.5. The number of rotatable bonds is 10. The normalized spacial score (nSPS) is 11.3. The fraction of sp³-hybridized carbons (Fsp3) is 0. The first-order valence-corrected chi connectivity index (χ1v) is 23.6. The van der Waals surface area contributed by atoms with Crippen molar-refractivity contribution in [1.82, 2.24) is 0 Å². The first kappa shape index (κ1) is 40.0. The molecule has 2 nitrogen and oxygen atoms in total. The molecule has 0 saturated carbocycles. The molecule has 0 spiro atoms. The maximum atomic E-state index is 2.47. The Kier molecular flexibility index (Phi) is 10.4. The van der Waals surface area contributed by atoms with Crippen molar-refractivity contribution < 1.29 is 0 Å². The summed E-state index contributed by atoms with van der Waals surface area (Å²) in [5.74, 6) is 0. The summed E-state index contributed by atoms with van der Waals surface area (Å²) in [5, 5.41) is 4.94. The highest BCUT2D eigenvalue weighted by Gasteiger charge is 2.22. The molecule has 12 aromatic rings. The van der Waals surface area contributed by atoms with Crippen molar-refractivity contribution >= 4 is 76.4 Å². The molecule has 0 amide bonds. The molecule has 67 heavy (non-hydrogen) atoms. The van der Waals surface area contributed by atoms with Crippen molar-refractivity contribution in [3.8, 4) is 44.5 Å². The molecule has 12 rings (SSSR count). The highest BCUT2D eigenvalue weighted by molar-refractivity contribution is 7.26. The summed E-state index contributed by atoms with van der Waals surface area (Å²) in [5.41, 5.74) is 16.0. The Morgan fingerprint density at radius 3 is 1.46 bits per heavy atom. The molecular weight excluding hydrogens is 829 g/mol. The zero-order valence-electron chi connectivity index (χ0n) is 36.7.